The Kier molecular flexibility index (Phi) is 2.89. The minimum absolute atomic E-state index is 0.614. The third-order valence-corrected chi connectivity index (χ3v) is 5.19. The molecule has 2 rings (SSSR count). The van der Waals surface area contributed by atoms with E-state index in [4.69, 9.17) is 0 Å². The van der Waals surface area contributed by atoms with Crippen LogP contribution in [0.15, 0.2) is 0 Å². The molecule has 2 aliphatic rings. The van der Waals surface area contributed by atoms with Gasteiger partial charge in [-0.2, -0.15) is 11.8 Å². The molecule has 2 saturated carbocycles. The van der Waals surface area contributed by atoms with Gasteiger partial charge in [-0.1, -0.05) is 6.42 Å². The van der Waals surface area contributed by atoms with Crippen LogP contribution in [0, 0.1) is 5.92 Å². The fraction of sp³-hybridized carbons (Fsp3) is 1.00. The Morgan fingerprint density at radius 3 is 2.54 bits per heavy atom. The molecule has 0 radical (unpaired) electrons. The van der Waals surface area contributed by atoms with E-state index < -0.39 is 0 Å². The molecule has 0 aromatic rings. The normalized spacial score (nSPS) is 28.2. The van der Waals surface area contributed by atoms with Crippen molar-refractivity contribution in [3.63, 3.8) is 0 Å². The Balaban J connectivity index is 1.70. The maximum atomic E-state index is 3.72. The summed E-state index contributed by atoms with van der Waals surface area (Å²) in [5.41, 5.74) is 0. The molecular formula is C11H21NS. The first-order valence-electron chi connectivity index (χ1n) is 5.54. The standard InChI is InChI=1S/C11H21NS/c1-9(10-4-5-10)12-8-11(13-2)6-3-7-11/h9-10,12H,3-8H2,1-2H3. The van der Waals surface area contributed by atoms with Gasteiger partial charge in [-0.25, -0.2) is 0 Å². The highest BCUT2D eigenvalue weighted by Gasteiger charge is 2.37. The lowest BCUT2D eigenvalue weighted by Gasteiger charge is -2.41. The quantitative estimate of drug-likeness (QED) is 0.730. The largest absolute Gasteiger partial charge is 0.313 e. The van der Waals surface area contributed by atoms with Crippen molar-refractivity contribution in [2.75, 3.05) is 12.8 Å². The minimum atomic E-state index is 0.614. The molecule has 0 spiro atoms. The molecule has 1 unspecified atom stereocenters. The average molecular weight is 199 g/mol. The van der Waals surface area contributed by atoms with Gasteiger partial charge in [-0.15, -0.1) is 0 Å². The number of hydrogen-bond donors (Lipinski definition) is 1. The molecule has 2 fully saturated rings. The van der Waals surface area contributed by atoms with Crippen LogP contribution in [0.25, 0.3) is 0 Å². The van der Waals surface area contributed by atoms with Gasteiger partial charge in [0.2, 0.25) is 0 Å². The van der Waals surface area contributed by atoms with E-state index in [2.05, 4.69) is 30.3 Å². The molecule has 1 atom stereocenters. The summed E-state index contributed by atoms with van der Waals surface area (Å²) in [5, 5.41) is 3.72. The Hall–Kier alpha value is 0.310. The topological polar surface area (TPSA) is 12.0 Å². The summed E-state index contributed by atoms with van der Waals surface area (Å²) in [6, 6.07) is 0.768. The van der Waals surface area contributed by atoms with E-state index in [-0.39, 0.29) is 0 Å². The van der Waals surface area contributed by atoms with Gasteiger partial charge in [0.1, 0.15) is 0 Å². The Labute approximate surface area is 86.0 Å². The Morgan fingerprint density at radius 1 is 1.46 bits per heavy atom. The highest BCUT2D eigenvalue weighted by molar-refractivity contribution is 8.00. The highest BCUT2D eigenvalue weighted by Crippen LogP contribution is 2.42. The second-order valence-electron chi connectivity index (χ2n) is 4.75. The first-order valence-corrected chi connectivity index (χ1v) is 6.77. The molecule has 2 aliphatic carbocycles. The average Bonchev–Trinajstić information content (AvgIpc) is 2.85. The zero-order valence-corrected chi connectivity index (χ0v) is 9.62. The third-order valence-electron chi connectivity index (χ3n) is 3.77. The zero-order chi connectivity index (χ0) is 9.31. The number of hydrogen-bond acceptors (Lipinski definition) is 2. The first-order chi connectivity index (χ1) is 6.26. The van der Waals surface area contributed by atoms with Crippen molar-refractivity contribution < 1.29 is 0 Å². The van der Waals surface area contributed by atoms with Crippen LogP contribution in [0.1, 0.15) is 39.0 Å². The Morgan fingerprint density at radius 2 is 2.15 bits per heavy atom. The van der Waals surface area contributed by atoms with E-state index in [1.165, 1.54) is 38.6 Å². The molecule has 0 bridgehead atoms. The van der Waals surface area contributed by atoms with Crippen LogP contribution >= 0.6 is 11.8 Å². The molecule has 2 heteroatoms. The molecule has 13 heavy (non-hydrogen) atoms. The first kappa shape index (κ1) is 9.85. The predicted octanol–water partition coefficient (Wildman–Crippen LogP) is 2.66. The summed E-state index contributed by atoms with van der Waals surface area (Å²) in [5.74, 6) is 0.999. The van der Waals surface area contributed by atoms with Gasteiger partial charge in [0, 0.05) is 17.3 Å². The maximum absolute atomic E-state index is 3.72. The lowest BCUT2D eigenvalue weighted by molar-refractivity contribution is 0.326. The third kappa shape index (κ3) is 2.21. The summed E-state index contributed by atoms with van der Waals surface area (Å²) in [6.45, 7) is 3.59. The monoisotopic (exact) mass is 199 g/mol. The van der Waals surface area contributed by atoms with Gasteiger partial charge in [-0.05, 0) is 44.8 Å². The van der Waals surface area contributed by atoms with Crippen LogP contribution < -0.4 is 5.32 Å². The molecule has 0 heterocycles. The van der Waals surface area contributed by atoms with Gasteiger partial charge in [0.15, 0.2) is 0 Å². The molecule has 0 aromatic heterocycles. The van der Waals surface area contributed by atoms with Crippen molar-refractivity contribution in [2.45, 2.75) is 49.8 Å². The number of nitrogens with one attached hydrogen (secondary N) is 1. The summed E-state index contributed by atoms with van der Waals surface area (Å²) in [6.07, 6.45) is 9.49. The fourth-order valence-electron chi connectivity index (χ4n) is 2.13. The lowest BCUT2D eigenvalue weighted by Crippen LogP contribution is -2.46. The van der Waals surface area contributed by atoms with Crippen molar-refractivity contribution in [1.29, 1.82) is 0 Å². The molecule has 0 aliphatic heterocycles. The second-order valence-corrected chi connectivity index (χ2v) is 6.02. The molecule has 1 N–H and O–H groups in total. The molecule has 0 saturated heterocycles. The van der Waals surface area contributed by atoms with Crippen LogP contribution in [-0.4, -0.2) is 23.6 Å². The summed E-state index contributed by atoms with van der Waals surface area (Å²) in [4.78, 5) is 0. The van der Waals surface area contributed by atoms with Gasteiger partial charge in [0.05, 0.1) is 0 Å². The van der Waals surface area contributed by atoms with E-state index in [0.717, 1.165) is 12.0 Å². The van der Waals surface area contributed by atoms with E-state index in [1.54, 1.807) is 0 Å². The fourth-order valence-corrected chi connectivity index (χ4v) is 3.06. The number of rotatable bonds is 5. The van der Waals surface area contributed by atoms with Crippen molar-refractivity contribution in [3.8, 4) is 0 Å². The second kappa shape index (κ2) is 3.82. The van der Waals surface area contributed by atoms with Crippen molar-refractivity contribution in [1.82, 2.24) is 5.32 Å². The molecule has 0 aromatic carbocycles. The molecule has 0 amide bonds. The smallest absolute Gasteiger partial charge is 0.0281 e. The van der Waals surface area contributed by atoms with Crippen molar-refractivity contribution in [2.24, 2.45) is 5.92 Å². The summed E-state index contributed by atoms with van der Waals surface area (Å²) >= 11 is 2.07. The maximum Gasteiger partial charge on any atom is 0.0281 e. The van der Waals surface area contributed by atoms with E-state index in [1.807, 2.05) is 0 Å². The van der Waals surface area contributed by atoms with Crippen molar-refractivity contribution >= 4 is 11.8 Å². The van der Waals surface area contributed by atoms with Crippen molar-refractivity contribution in [3.05, 3.63) is 0 Å². The van der Waals surface area contributed by atoms with Crippen LogP contribution in [0.5, 0.6) is 0 Å². The Bertz CT molecular complexity index is 167. The SMILES string of the molecule is CSC1(CNC(C)C2CC2)CCC1. The van der Waals surface area contributed by atoms with Gasteiger partial charge in [0.25, 0.3) is 0 Å². The van der Waals surface area contributed by atoms with E-state index >= 15 is 0 Å². The molecule has 1 nitrogen and oxygen atoms in total. The lowest BCUT2D eigenvalue weighted by atomic mass is 9.84. The van der Waals surface area contributed by atoms with E-state index in [9.17, 15) is 0 Å². The van der Waals surface area contributed by atoms with Gasteiger partial charge < -0.3 is 5.32 Å². The van der Waals surface area contributed by atoms with Gasteiger partial charge >= 0.3 is 0 Å². The van der Waals surface area contributed by atoms with Crippen LogP contribution in [-0.2, 0) is 0 Å². The molecular weight excluding hydrogens is 178 g/mol. The zero-order valence-electron chi connectivity index (χ0n) is 8.81. The molecule has 76 valence electrons. The highest BCUT2D eigenvalue weighted by atomic mass is 32.2. The van der Waals surface area contributed by atoms with Crippen LogP contribution in [0.3, 0.4) is 0 Å². The minimum Gasteiger partial charge on any atom is -0.313 e. The summed E-state index contributed by atoms with van der Waals surface area (Å²) < 4.78 is 0.614. The predicted molar refractivity (Wildman–Crippen MR) is 60.3 cm³/mol. The van der Waals surface area contributed by atoms with Gasteiger partial charge in [-0.3, -0.25) is 0 Å². The van der Waals surface area contributed by atoms with E-state index in [0.29, 0.717) is 4.75 Å². The summed E-state index contributed by atoms with van der Waals surface area (Å²) in [7, 11) is 0. The van der Waals surface area contributed by atoms with Crippen LogP contribution in [0.4, 0.5) is 0 Å². The van der Waals surface area contributed by atoms with Crippen LogP contribution in [0.2, 0.25) is 0 Å². The number of thioether (sulfide) groups is 1.